The third-order valence-electron chi connectivity index (χ3n) is 4.39. The maximum Gasteiger partial charge on any atom is 0.236 e. The van der Waals surface area contributed by atoms with Crippen molar-refractivity contribution in [3.8, 4) is 0 Å². The summed E-state index contributed by atoms with van der Waals surface area (Å²) in [6.07, 6.45) is 6.18. The van der Waals surface area contributed by atoms with Crippen molar-refractivity contribution in [2.24, 2.45) is 5.92 Å². The first-order chi connectivity index (χ1) is 8.59. The van der Waals surface area contributed by atoms with Crippen LogP contribution < -0.4 is 5.32 Å². The van der Waals surface area contributed by atoms with Crippen molar-refractivity contribution < 1.29 is 9.90 Å². The Labute approximate surface area is 110 Å². The predicted molar refractivity (Wildman–Crippen MR) is 71.3 cm³/mol. The number of carbonyl (C=O) groups excluding carboxylic acids is 1. The molecule has 0 aromatic carbocycles. The Hall–Kier alpha value is -0.610. The molecule has 1 aliphatic carbocycles. The number of hydrogen-bond donors (Lipinski definition) is 2. The van der Waals surface area contributed by atoms with E-state index in [-0.39, 0.29) is 5.91 Å². The van der Waals surface area contributed by atoms with Crippen molar-refractivity contribution in [3.05, 3.63) is 0 Å². The van der Waals surface area contributed by atoms with Crippen molar-refractivity contribution >= 4 is 5.91 Å². The Morgan fingerprint density at radius 2 is 1.94 bits per heavy atom. The summed E-state index contributed by atoms with van der Waals surface area (Å²) in [5, 5.41) is 13.5. The second-order valence-electron chi connectivity index (χ2n) is 6.10. The van der Waals surface area contributed by atoms with E-state index in [1.54, 1.807) is 0 Å². The molecular formula is C14H26N2O2. The molecule has 0 radical (unpaired) electrons. The molecule has 18 heavy (non-hydrogen) atoms. The van der Waals surface area contributed by atoms with Gasteiger partial charge in [0.1, 0.15) is 0 Å². The lowest BCUT2D eigenvalue weighted by molar-refractivity contribution is -0.129. The van der Waals surface area contributed by atoms with Gasteiger partial charge < -0.3 is 15.3 Å². The summed E-state index contributed by atoms with van der Waals surface area (Å²) in [6.45, 7) is 4.98. The summed E-state index contributed by atoms with van der Waals surface area (Å²) in [7, 11) is 0. The molecule has 2 rings (SSSR count). The molecule has 1 aliphatic heterocycles. The standard InChI is InChI=1S/C14H26N2O2/c1-12-4-6-14(18,7-5-12)11-15-10-13(17)16-8-2-3-9-16/h12,15,18H,2-11H2,1H3. The van der Waals surface area contributed by atoms with Crippen molar-refractivity contribution in [1.29, 1.82) is 0 Å². The van der Waals surface area contributed by atoms with Crippen LogP contribution in [0.5, 0.6) is 0 Å². The van der Waals surface area contributed by atoms with Crippen LogP contribution in [0.3, 0.4) is 0 Å². The first-order valence-electron chi connectivity index (χ1n) is 7.30. The Balaban J connectivity index is 1.66. The van der Waals surface area contributed by atoms with E-state index in [1.807, 2.05) is 4.90 Å². The van der Waals surface area contributed by atoms with E-state index in [9.17, 15) is 9.90 Å². The SMILES string of the molecule is CC1CCC(O)(CNCC(=O)N2CCCC2)CC1. The van der Waals surface area contributed by atoms with Crippen LogP contribution in [0.15, 0.2) is 0 Å². The molecule has 4 heteroatoms. The molecule has 0 bridgehead atoms. The summed E-state index contributed by atoms with van der Waals surface area (Å²) in [6, 6.07) is 0. The number of hydrogen-bond acceptors (Lipinski definition) is 3. The number of rotatable bonds is 4. The second-order valence-corrected chi connectivity index (χ2v) is 6.10. The van der Waals surface area contributed by atoms with Gasteiger partial charge >= 0.3 is 0 Å². The zero-order chi connectivity index (χ0) is 13.0. The molecule has 1 saturated heterocycles. The number of likely N-dealkylation sites (tertiary alicyclic amines) is 1. The number of amides is 1. The van der Waals surface area contributed by atoms with E-state index in [4.69, 9.17) is 0 Å². The van der Waals surface area contributed by atoms with E-state index in [1.165, 1.54) is 0 Å². The van der Waals surface area contributed by atoms with Gasteiger partial charge in [-0.25, -0.2) is 0 Å². The van der Waals surface area contributed by atoms with E-state index in [0.717, 1.165) is 57.5 Å². The lowest BCUT2D eigenvalue weighted by atomic mass is 9.79. The highest BCUT2D eigenvalue weighted by Crippen LogP contribution is 2.31. The third-order valence-corrected chi connectivity index (χ3v) is 4.39. The zero-order valence-corrected chi connectivity index (χ0v) is 11.5. The molecule has 1 amide bonds. The van der Waals surface area contributed by atoms with E-state index in [2.05, 4.69) is 12.2 Å². The third kappa shape index (κ3) is 3.69. The number of carbonyl (C=O) groups is 1. The molecule has 104 valence electrons. The van der Waals surface area contributed by atoms with Crippen LogP contribution in [0.1, 0.15) is 45.4 Å². The van der Waals surface area contributed by atoms with Gasteiger partial charge in [-0.15, -0.1) is 0 Å². The van der Waals surface area contributed by atoms with Gasteiger partial charge in [-0.05, 0) is 44.4 Å². The lowest BCUT2D eigenvalue weighted by Gasteiger charge is -2.35. The average Bonchev–Trinajstić information content (AvgIpc) is 2.87. The number of aliphatic hydroxyl groups is 1. The Morgan fingerprint density at radius 1 is 1.33 bits per heavy atom. The second kappa shape index (κ2) is 6.02. The largest absolute Gasteiger partial charge is 0.389 e. The highest BCUT2D eigenvalue weighted by molar-refractivity contribution is 5.78. The maximum atomic E-state index is 11.8. The lowest BCUT2D eigenvalue weighted by Crippen LogP contribution is -2.46. The number of nitrogens with zero attached hydrogens (tertiary/aromatic N) is 1. The quantitative estimate of drug-likeness (QED) is 0.791. The van der Waals surface area contributed by atoms with Crippen LogP contribution >= 0.6 is 0 Å². The van der Waals surface area contributed by atoms with Gasteiger partial charge in [-0.1, -0.05) is 6.92 Å². The molecule has 0 atom stereocenters. The first-order valence-corrected chi connectivity index (χ1v) is 7.30. The van der Waals surface area contributed by atoms with Crippen molar-refractivity contribution in [1.82, 2.24) is 10.2 Å². The van der Waals surface area contributed by atoms with Crippen LogP contribution in [0.2, 0.25) is 0 Å². The van der Waals surface area contributed by atoms with Gasteiger partial charge in [-0.2, -0.15) is 0 Å². The minimum Gasteiger partial charge on any atom is -0.389 e. The summed E-state index contributed by atoms with van der Waals surface area (Å²) in [5.74, 6) is 0.914. The molecule has 2 aliphatic rings. The monoisotopic (exact) mass is 254 g/mol. The molecule has 0 aromatic rings. The van der Waals surface area contributed by atoms with E-state index >= 15 is 0 Å². The minimum absolute atomic E-state index is 0.181. The highest BCUT2D eigenvalue weighted by Gasteiger charge is 2.31. The molecule has 0 unspecified atom stereocenters. The summed E-state index contributed by atoms with van der Waals surface area (Å²) in [4.78, 5) is 13.7. The van der Waals surface area contributed by atoms with Gasteiger partial charge in [0.15, 0.2) is 0 Å². The Kier molecular flexibility index (Phi) is 4.62. The Bertz CT molecular complexity index is 280. The molecule has 0 spiro atoms. The molecular weight excluding hydrogens is 228 g/mol. The van der Waals surface area contributed by atoms with Crippen LogP contribution in [0, 0.1) is 5.92 Å². The Morgan fingerprint density at radius 3 is 2.56 bits per heavy atom. The molecule has 1 heterocycles. The van der Waals surface area contributed by atoms with Gasteiger partial charge in [-0.3, -0.25) is 4.79 Å². The first kappa shape index (κ1) is 13.8. The summed E-state index contributed by atoms with van der Waals surface area (Å²) in [5.41, 5.74) is -0.586. The fourth-order valence-electron chi connectivity index (χ4n) is 2.96. The van der Waals surface area contributed by atoms with Crippen LogP contribution in [-0.2, 0) is 4.79 Å². The van der Waals surface area contributed by atoms with Crippen molar-refractivity contribution in [2.75, 3.05) is 26.2 Å². The van der Waals surface area contributed by atoms with Crippen molar-refractivity contribution in [3.63, 3.8) is 0 Å². The van der Waals surface area contributed by atoms with Gasteiger partial charge in [0.25, 0.3) is 0 Å². The fourth-order valence-corrected chi connectivity index (χ4v) is 2.96. The summed E-state index contributed by atoms with van der Waals surface area (Å²) >= 11 is 0. The summed E-state index contributed by atoms with van der Waals surface area (Å²) < 4.78 is 0. The molecule has 2 N–H and O–H groups in total. The van der Waals surface area contributed by atoms with Gasteiger partial charge in [0.2, 0.25) is 5.91 Å². The van der Waals surface area contributed by atoms with E-state index in [0.29, 0.717) is 13.1 Å². The molecule has 2 fully saturated rings. The zero-order valence-electron chi connectivity index (χ0n) is 11.5. The maximum absolute atomic E-state index is 11.8. The van der Waals surface area contributed by atoms with Gasteiger partial charge in [0.05, 0.1) is 12.1 Å². The molecule has 1 saturated carbocycles. The predicted octanol–water partition coefficient (Wildman–Crippen LogP) is 1.14. The normalized spacial score (nSPS) is 32.8. The highest BCUT2D eigenvalue weighted by atomic mass is 16.3. The average molecular weight is 254 g/mol. The fraction of sp³-hybridized carbons (Fsp3) is 0.929. The van der Waals surface area contributed by atoms with E-state index < -0.39 is 5.60 Å². The van der Waals surface area contributed by atoms with Crippen LogP contribution in [0.25, 0.3) is 0 Å². The molecule has 4 nitrogen and oxygen atoms in total. The van der Waals surface area contributed by atoms with Crippen LogP contribution in [-0.4, -0.2) is 47.7 Å². The van der Waals surface area contributed by atoms with Crippen molar-refractivity contribution in [2.45, 2.75) is 51.0 Å². The minimum atomic E-state index is -0.586. The molecule has 0 aromatic heterocycles. The van der Waals surface area contributed by atoms with Crippen LogP contribution in [0.4, 0.5) is 0 Å². The topological polar surface area (TPSA) is 52.6 Å². The van der Waals surface area contributed by atoms with Gasteiger partial charge in [0, 0.05) is 19.6 Å². The smallest absolute Gasteiger partial charge is 0.236 e. The number of nitrogens with one attached hydrogen (secondary N) is 1.